The number of hydrogen-bond acceptors (Lipinski definition) is 7. The average Bonchev–Trinajstić information content (AvgIpc) is 2.69. The normalized spacial score (nSPS) is 11.0. The first-order chi connectivity index (χ1) is 13.0. The summed E-state index contributed by atoms with van der Waals surface area (Å²) < 4.78 is 31.3. The Labute approximate surface area is 157 Å². The van der Waals surface area contributed by atoms with Crippen LogP contribution in [0.2, 0.25) is 0 Å². The van der Waals surface area contributed by atoms with Gasteiger partial charge >= 0.3 is 0 Å². The Bertz CT molecular complexity index is 1020. The highest BCUT2D eigenvalue weighted by Crippen LogP contribution is 2.22. The Balaban J connectivity index is 1.77. The molecule has 1 aromatic heterocycles. The molecule has 8 nitrogen and oxygen atoms in total. The largest absolute Gasteiger partial charge is 0.497 e. The van der Waals surface area contributed by atoms with Crippen molar-refractivity contribution in [2.24, 2.45) is 0 Å². The lowest BCUT2D eigenvalue weighted by atomic mass is 10.3. The maximum atomic E-state index is 11.9. The minimum Gasteiger partial charge on any atom is -0.497 e. The van der Waals surface area contributed by atoms with Crippen LogP contribution in [0, 0.1) is 0 Å². The number of nitrogens with zero attached hydrogens (tertiary/aromatic N) is 2. The SMILES string of the molecule is CNS(=O)(=O)c1cccc(Nc2cc(Nc3ccc(OC)cc3)ncn2)c1. The van der Waals surface area contributed by atoms with Gasteiger partial charge in [0.15, 0.2) is 0 Å². The zero-order chi connectivity index (χ0) is 19.3. The van der Waals surface area contributed by atoms with E-state index in [0.29, 0.717) is 17.3 Å². The molecule has 1 heterocycles. The topological polar surface area (TPSA) is 105 Å². The third-order valence-electron chi connectivity index (χ3n) is 3.71. The van der Waals surface area contributed by atoms with Gasteiger partial charge in [-0.15, -0.1) is 0 Å². The van der Waals surface area contributed by atoms with Gasteiger partial charge < -0.3 is 15.4 Å². The smallest absolute Gasteiger partial charge is 0.240 e. The lowest BCUT2D eigenvalue weighted by Crippen LogP contribution is -2.18. The van der Waals surface area contributed by atoms with Gasteiger partial charge in [-0.3, -0.25) is 0 Å². The van der Waals surface area contributed by atoms with E-state index in [1.165, 1.54) is 25.5 Å². The van der Waals surface area contributed by atoms with Gasteiger partial charge in [-0.2, -0.15) is 0 Å². The molecule has 0 aliphatic carbocycles. The number of benzene rings is 2. The summed E-state index contributed by atoms with van der Waals surface area (Å²) in [4.78, 5) is 8.53. The summed E-state index contributed by atoms with van der Waals surface area (Å²) in [6.45, 7) is 0. The third-order valence-corrected chi connectivity index (χ3v) is 5.13. The van der Waals surface area contributed by atoms with Crippen LogP contribution in [0.1, 0.15) is 0 Å². The van der Waals surface area contributed by atoms with Crippen LogP contribution in [-0.4, -0.2) is 32.5 Å². The maximum absolute atomic E-state index is 11.9. The van der Waals surface area contributed by atoms with Crippen LogP contribution in [0.4, 0.5) is 23.0 Å². The van der Waals surface area contributed by atoms with Crippen LogP contribution in [0.25, 0.3) is 0 Å². The quantitative estimate of drug-likeness (QED) is 0.574. The Morgan fingerprint density at radius 1 is 0.889 bits per heavy atom. The lowest BCUT2D eigenvalue weighted by Gasteiger charge is -2.10. The van der Waals surface area contributed by atoms with Crippen LogP contribution < -0.4 is 20.1 Å². The van der Waals surface area contributed by atoms with E-state index in [-0.39, 0.29) is 4.90 Å². The molecule has 0 saturated heterocycles. The summed E-state index contributed by atoms with van der Waals surface area (Å²) in [5.74, 6) is 1.89. The van der Waals surface area contributed by atoms with E-state index in [1.54, 1.807) is 25.3 Å². The zero-order valence-electron chi connectivity index (χ0n) is 14.8. The van der Waals surface area contributed by atoms with Crippen molar-refractivity contribution in [1.29, 1.82) is 0 Å². The standard InChI is InChI=1S/C18H19N5O3S/c1-19-27(24,25)16-5-3-4-14(10-16)23-18-11-17(20-12-21-18)22-13-6-8-15(26-2)9-7-13/h3-12,19H,1-2H3,(H2,20,21,22,23). The number of hydrogen-bond donors (Lipinski definition) is 3. The van der Waals surface area contributed by atoms with Crippen molar-refractivity contribution < 1.29 is 13.2 Å². The summed E-state index contributed by atoms with van der Waals surface area (Å²) in [6.07, 6.45) is 1.42. The molecule has 0 aliphatic rings. The Kier molecular flexibility index (Phi) is 5.53. The van der Waals surface area contributed by atoms with E-state index in [2.05, 4.69) is 25.3 Å². The first kappa shape index (κ1) is 18.6. The fourth-order valence-electron chi connectivity index (χ4n) is 2.32. The van der Waals surface area contributed by atoms with Crippen molar-refractivity contribution in [3.05, 3.63) is 60.9 Å². The minimum absolute atomic E-state index is 0.167. The van der Waals surface area contributed by atoms with Gasteiger partial charge in [0, 0.05) is 17.4 Å². The molecular weight excluding hydrogens is 366 g/mol. The molecule has 0 saturated carbocycles. The van der Waals surface area contributed by atoms with E-state index in [4.69, 9.17) is 4.74 Å². The molecule has 0 unspecified atom stereocenters. The van der Waals surface area contributed by atoms with E-state index in [9.17, 15) is 8.42 Å². The second kappa shape index (κ2) is 8.02. The molecule has 27 heavy (non-hydrogen) atoms. The minimum atomic E-state index is -3.51. The summed E-state index contributed by atoms with van der Waals surface area (Å²) in [7, 11) is -0.528. The van der Waals surface area contributed by atoms with Crippen molar-refractivity contribution in [2.45, 2.75) is 4.90 Å². The highest BCUT2D eigenvalue weighted by atomic mass is 32.2. The van der Waals surface area contributed by atoms with Gasteiger partial charge in [-0.25, -0.2) is 23.1 Å². The molecule has 3 N–H and O–H groups in total. The van der Waals surface area contributed by atoms with Crippen molar-refractivity contribution in [3.8, 4) is 5.75 Å². The molecule has 0 bridgehead atoms. The van der Waals surface area contributed by atoms with Crippen LogP contribution in [-0.2, 0) is 10.0 Å². The third kappa shape index (κ3) is 4.72. The summed E-state index contributed by atoms with van der Waals surface area (Å²) in [5.41, 5.74) is 1.45. The molecule has 9 heteroatoms. The van der Waals surface area contributed by atoms with Crippen LogP contribution in [0.5, 0.6) is 5.75 Å². The predicted molar refractivity (Wildman–Crippen MR) is 104 cm³/mol. The van der Waals surface area contributed by atoms with Gasteiger partial charge in [-0.05, 0) is 49.5 Å². The molecule has 0 aliphatic heterocycles. The number of sulfonamides is 1. The number of ether oxygens (including phenoxy) is 1. The second-order valence-electron chi connectivity index (χ2n) is 5.50. The molecule has 0 spiro atoms. The molecule has 0 amide bonds. The van der Waals surface area contributed by atoms with Gasteiger partial charge in [0.2, 0.25) is 10.0 Å². The number of anilines is 4. The Morgan fingerprint density at radius 3 is 2.19 bits per heavy atom. The van der Waals surface area contributed by atoms with Gasteiger partial charge in [0.1, 0.15) is 23.7 Å². The molecule has 3 aromatic rings. The predicted octanol–water partition coefficient (Wildman–Crippen LogP) is 2.88. The van der Waals surface area contributed by atoms with Crippen molar-refractivity contribution in [3.63, 3.8) is 0 Å². The average molecular weight is 385 g/mol. The first-order valence-electron chi connectivity index (χ1n) is 8.04. The molecule has 140 valence electrons. The van der Waals surface area contributed by atoms with Gasteiger partial charge in [0.25, 0.3) is 0 Å². The zero-order valence-corrected chi connectivity index (χ0v) is 15.6. The van der Waals surface area contributed by atoms with Crippen molar-refractivity contribution in [2.75, 3.05) is 24.8 Å². The van der Waals surface area contributed by atoms with Crippen LogP contribution in [0.3, 0.4) is 0 Å². The van der Waals surface area contributed by atoms with Crippen LogP contribution in [0.15, 0.2) is 65.8 Å². The molecule has 3 rings (SSSR count). The second-order valence-corrected chi connectivity index (χ2v) is 7.39. The van der Waals surface area contributed by atoms with E-state index >= 15 is 0 Å². The molecule has 0 atom stereocenters. The lowest BCUT2D eigenvalue weighted by molar-refractivity contribution is 0.415. The highest BCUT2D eigenvalue weighted by Gasteiger charge is 2.11. The maximum Gasteiger partial charge on any atom is 0.240 e. The Morgan fingerprint density at radius 2 is 1.56 bits per heavy atom. The van der Waals surface area contributed by atoms with E-state index < -0.39 is 10.0 Å². The van der Waals surface area contributed by atoms with E-state index in [0.717, 1.165) is 11.4 Å². The summed E-state index contributed by atoms with van der Waals surface area (Å²) in [6, 6.07) is 15.6. The van der Waals surface area contributed by atoms with Crippen molar-refractivity contribution in [1.82, 2.24) is 14.7 Å². The monoisotopic (exact) mass is 385 g/mol. The number of aromatic nitrogens is 2. The fraction of sp³-hybridized carbons (Fsp3) is 0.111. The fourth-order valence-corrected chi connectivity index (χ4v) is 3.10. The Hall–Kier alpha value is -3.17. The van der Waals surface area contributed by atoms with Crippen molar-refractivity contribution >= 4 is 33.0 Å². The number of rotatable bonds is 7. The van der Waals surface area contributed by atoms with Gasteiger partial charge in [0.05, 0.1) is 12.0 Å². The van der Waals surface area contributed by atoms with E-state index in [1.807, 2.05) is 24.3 Å². The first-order valence-corrected chi connectivity index (χ1v) is 9.52. The summed E-state index contributed by atoms with van der Waals surface area (Å²) >= 11 is 0. The molecule has 2 aromatic carbocycles. The highest BCUT2D eigenvalue weighted by molar-refractivity contribution is 7.89. The number of methoxy groups -OCH3 is 1. The molecule has 0 radical (unpaired) electrons. The molecular formula is C18H19N5O3S. The summed E-state index contributed by atoms with van der Waals surface area (Å²) in [5, 5.41) is 6.26. The van der Waals surface area contributed by atoms with Crippen LogP contribution >= 0.6 is 0 Å². The van der Waals surface area contributed by atoms with Gasteiger partial charge in [-0.1, -0.05) is 6.07 Å². The number of nitrogens with one attached hydrogen (secondary N) is 3. The molecule has 0 fully saturated rings.